The van der Waals surface area contributed by atoms with Crippen LogP contribution in [0.2, 0.25) is 0 Å². The van der Waals surface area contributed by atoms with Crippen molar-refractivity contribution in [2.75, 3.05) is 19.8 Å². The van der Waals surface area contributed by atoms with Gasteiger partial charge in [-0.25, -0.2) is 4.79 Å². The zero-order chi connectivity index (χ0) is 12.4. The summed E-state index contributed by atoms with van der Waals surface area (Å²) in [4.78, 5) is 25.0. The Labute approximate surface area is 110 Å². The molecule has 17 heavy (non-hydrogen) atoms. The van der Waals surface area contributed by atoms with Gasteiger partial charge >= 0.3 is 5.97 Å². The lowest BCUT2D eigenvalue weighted by molar-refractivity contribution is -0.147. The van der Waals surface area contributed by atoms with Gasteiger partial charge in [-0.05, 0) is 22.0 Å². The van der Waals surface area contributed by atoms with E-state index in [0.717, 1.165) is 4.47 Å². The summed E-state index contributed by atoms with van der Waals surface area (Å²) in [7, 11) is 0. The number of carboxylic acids is 1. The second-order valence-corrected chi connectivity index (χ2v) is 5.38. The van der Waals surface area contributed by atoms with Crippen LogP contribution in [-0.4, -0.2) is 47.7 Å². The van der Waals surface area contributed by atoms with Gasteiger partial charge in [-0.1, -0.05) is 0 Å². The Morgan fingerprint density at radius 3 is 2.94 bits per heavy atom. The molecule has 0 aromatic carbocycles. The van der Waals surface area contributed by atoms with Gasteiger partial charge in [-0.2, -0.15) is 0 Å². The Bertz CT molecular complexity index is 447. The molecular formula is C10H10BrNO4S. The summed E-state index contributed by atoms with van der Waals surface area (Å²) in [6.07, 6.45) is 0. The van der Waals surface area contributed by atoms with Crippen molar-refractivity contribution in [3.8, 4) is 0 Å². The van der Waals surface area contributed by atoms with E-state index in [0.29, 0.717) is 18.0 Å². The van der Waals surface area contributed by atoms with E-state index < -0.39 is 12.0 Å². The van der Waals surface area contributed by atoms with Gasteiger partial charge in [-0.15, -0.1) is 11.3 Å². The van der Waals surface area contributed by atoms with Crippen molar-refractivity contribution >= 4 is 39.1 Å². The molecule has 1 N–H and O–H groups in total. The minimum Gasteiger partial charge on any atom is -0.480 e. The zero-order valence-electron chi connectivity index (χ0n) is 8.76. The third-order valence-electron chi connectivity index (χ3n) is 2.45. The molecule has 1 amide bonds. The number of carbonyl (C=O) groups excluding carboxylic acids is 1. The number of halogens is 1. The minimum absolute atomic E-state index is 0.0492. The fraction of sp³-hybridized carbons (Fsp3) is 0.400. The van der Waals surface area contributed by atoms with E-state index in [1.165, 1.54) is 16.2 Å². The summed E-state index contributed by atoms with van der Waals surface area (Å²) in [6, 6.07) is 0.804. The molecule has 1 aromatic heterocycles. The van der Waals surface area contributed by atoms with Gasteiger partial charge in [0.15, 0.2) is 6.04 Å². The van der Waals surface area contributed by atoms with Crippen LogP contribution in [0.4, 0.5) is 0 Å². The van der Waals surface area contributed by atoms with Crippen molar-refractivity contribution in [2.24, 2.45) is 0 Å². The molecule has 1 saturated heterocycles. The maximum absolute atomic E-state index is 12.1. The van der Waals surface area contributed by atoms with Gasteiger partial charge in [0, 0.05) is 16.4 Å². The third kappa shape index (κ3) is 2.67. The number of thiophene rings is 1. The van der Waals surface area contributed by atoms with E-state index in [-0.39, 0.29) is 12.5 Å². The average Bonchev–Trinajstić information content (AvgIpc) is 2.75. The number of rotatable bonds is 2. The molecule has 0 aliphatic carbocycles. The SMILES string of the molecule is O=C(O)C1COCCN1C(=O)c1cc(Br)cs1. The molecule has 0 saturated carbocycles. The Morgan fingerprint density at radius 2 is 2.35 bits per heavy atom. The van der Waals surface area contributed by atoms with Crippen LogP contribution >= 0.6 is 27.3 Å². The van der Waals surface area contributed by atoms with E-state index in [4.69, 9.17) is 9.84 Å². The monoisotopic (exact) mass is 319 g/mol. The van der Waals surface area contributed by atoms with E-state index in [2.05, 4.69) is 15.9 Å². The molecule has 1 unspecified atom stereocenters. The van der Waals surface area contributed by atoms with Gasteiger partial charge in [-0.3, -0.25) is 4.79 Å². The topological polar surface area (TPSA) is 66.8 Å². The number of nitrogens with zero attached hydrogens (tertiary/aromatic N) is 1. The number of hydrogen-bond donors (Lipinski definition) is 1. The first kappa shape index (κ1) is 12.5. The Hall–Kier alpha value is -0.920. The largest absolute Gasteiger partial charge is 0.480 e. The predicted octanol–water partition coefficient (Wildman–Crippen LogP) is 1.44. The van der Waals surface area contributed by atoms with Crippen LogP contribution < -0.4 is 0 Å². The highest BCUT2D eigenvalue weighted by Gasteiger charge is 2.33. The fourth-order valence-corrected chi connectivity index (χ4v) is 3.00. The molecule has 1 aliphatic rings. The average molecular weight is 320 g/mol. The fourth-order valence-electron chi connectivity index (χ4n) is 1.62. The second-order valence-electron chi connectivity index (χ2n) is 3.56. The van der Waals surface area contributed by atoms with Gasteiger partial charge in [0.05, 0.1) is 18.1 Å². The van der Waals surface area contributed by atoms with Gasteiger partial charge in [0.1, 0.15) is 0 Å². The van der Waals surface area contributed by atoms with Crippen molar-refractivity contribution in [3.63, 3.8) is 0 Å². The Kier molecular flexibility index (Phi) is 3.80. The molecule has 92 valence electrons. The lowest BCUT2D eigenvalue weighted by Gasteiger charge is -2.32. The van der Waals surface area contributed by atoms with Crippen LogP contribution in [-0.2, 0) is 9.53 Å². The second kappa shape index (κ2) is 5.16. The molecule has 7 heteroatoms. The van der Waals surface area contributed by atoms with Crippen molar-refractivity contribution in [3.05, 3.63) is 20.8 Å². The molecule has 1 fully saturated rings. The molecule has 0 spiro atoms. The molecule has 2 rings (SSSR count). The number of amides is 1. The lowest BCUT2D eigenvalue weighted by atomic mass is 10.2. The van der Waals surface area contributed by atoms with Crippen molar-refractivity contribution in [1.29, 1.82) is 0 Å². The van der Waals surface area contributed by atoms with Crippen LogP contribution in [0, 0.1) is 0 Å². The number of hydrogen-bond acceptors (Lipinski definition) is 4. The van der Waals surface area contributed by atoms with Gasteiger partial charge in [0.25, 0.3) is 5.91 Å². The van der Waals surface area contributed by atoms with Crippen molar-refractivity contribution in [1.82, 2.24) is 4.90 Å². The van der Waals surface area contributed by atoms with Crippen molar-refractivity contribution < 1.29 is 19.4 Å². The minimum atomic E-state index is -1.03. The molecule has 2 heterocycles. The Morgan fingerprint density at radius 1 is 1.59 bits per heavy atom. The first-order valence-corrected chi connectivity index (χ1v) is 6.62. The lowest BCUT2D eigenvalue weighted by Crippen LogP contribution is -2.52. The molecule has 5 nitrogen and oxygen atoms in total. The number of ether oxygens (including phenoxy) is 1. The normalized spacial score (nSPS) is 20.3. The third-order valence-corrected chi connectivity index (χ3v) is 4.13. The highest BCUT2D eigenvalue weighted by atomic mass is 79.9. The van der Waals surface area contributed by atoms with E-state index in [1.807, 2.05) is 0 Å². The van der Waals surface area contributed by atoms with Gasteiger partial charge < -0.3 is 14.7 Å². The van der Waals surface area contributed by atoms with Crippen LogP contribution in [0.5, 0.6) is 0 Å². The maximum atomic E-state index is 12.1. The maximum Gasteiger partial charge on any atom is 0.328 e. The van der Waals surface area contributed by atoms with Crippen LogP contribution in [0.3, 0.4) is 0 Å². The summed E-state index contributed by atoms with van der Waals surface area (Å²) >= 11 is 4.56. The van der Waals surface area contributed by atoms with Crippen LogP contribution in [0.25, 0.3) is 0 Å². The summed E-state index contributed by atoms with van der Waals surface area (Å²) in [6.45, 7) is 0.737. The van der Waals surface area contributed by atoms with Crippen LogP contribution in [0.15, 0.2) is 15.9 Å². The highest BCUT2D eigenvalue weighted by molar-refractivity contribution is 9.10. The quantitative estimate of drug-likeness (QED) is 0.895. The Balaban J connectivity index is 2.19. The van der Waals surface area contributed by atoms with Crippen molar-refractivity contribution in [2.45, 2.75) is 6.04 Å². The molecule has 0 radical (unpaired) electrons. The molecule has 1 aromatic rings. The number of morpholine rings is 1. The highest BCUT2D eigenvalue weighted by Crippen LogP contribution is 2.22. The summed E-state index contributed by atoms with van der Waals surface area (Å²) in [5.41, 5.74) is 0. The predicted molar refractivity (Wildman–Crippen MR) is 65.3 cm³/mol. The number of carbonyl (C=O) groups is 2. The molecule has 0 bridgehead atoms. The van der Waals surface area contributed by atoms with E-state index in [1.54, 1.807) is 11.4 Å². The number of carboxylic acid groups (broad SMARTS) is 1. The zero-order valence-corrected chi connectivity index (χ0v) is 11.2. The standard InChI is InChI=1S/C10H10BrNO4S/c11-6-3-8(17-5-6)9(13)12-1-2-16-4-7(12)10(14)15/h3,5,7H,1-2,4H2,(H,14,15). The first-order chi connectivity index (χ1) is 8.09. The molecular weight excluding hydrogens is 310 g/mol. The summed E-state index contributed by atoms with van der Waals surface area (Å²) < 4.78 is 5.91. The van der Waals surface area contributed by atoms with E-state index >= 15 is 0 Å². The molecule has 1 atom stereocenters. The number of aliphatic carboxylic acids is 1. The smallest absolute Gasteiger partial charge is 0.328 e. The summed E-state index contributed by atoms with van der Waals surface area (Å²) in [5.74, 6) is -1.29. The first-order valence-electron chi connectivity index (χ1n) is 4.95. The van der Waals surface area contributed by atoms with E-state index in [9.17, 15) is 9.59 Å². The molecule has 1 aliphatic heterocycles. The van der Waals surface area contributed by atoms with Crippen LogP contribution in [0.1, 0.15) is 9.67 Å². The van der Waals surface area contributed by atoms with Gasteiger partial charge in [0.2, 0.25) is 0 Å². The summed E-state index contributed by atoms with van der Waals surface area (Å²) in [5, 5.41) is 10.8.